The molecule has 0 aromatic heterocycles. The number of hydrogen-bond donors (Lipinski definition) is 0. The third kappa shape index (κ3) is 2.57. The highest BCUT2D eigenvalue weighted by Crippen LogP contribution is 2.21. The monoisotopic (exact) mass is 282 g/mol. The molecule has 2 nitrogen and oxygen atoms in total. The Labute approximate surface area is 89.4 Å². The Balaban J connectivity index is 2.47. The van der Waals surface area contributed by atoms with Crippen molar-refractivity contribution < 1.29 is 0 Å². The van der Waals surface area contributed by atoms with Gasteiger partial charge in [-0.05, 0) is 33.6 Å². The summed E-state index contributed by atoms with van der Waals surface area (Å²) in [6.45, 7) is 5.99. The van der Waals surface area contributed by atoms with E-state index >= 15 is 0 Å². The zero-order valence-electron chi connectivity index (χ0n) is 8.26. The fourth-order valence-electron chi connectivity index (χ4n) is 1.74. The van der Waals surface area contributed by atoms with Crippen molar-refractivity contribution in [2.75, 3.05) is 33.7 Å². The fraction of sp³-hybridized carbons (Fsp3) is 1.00. The lowest BCUT2D eigenvalue weighted by molar-refractivity contribution is 0.148. The van der Waals surface area contributed by atoms with Gasteiger partial charge in [-0.2, -0.15) is 0 Å². The van der Waals surface area contributed by atoms with Crippen molar-refractivity contribution in [1.82, 2.24) is 9.80 Å². The molecule has 0 spiro atoms. The molecular weight excluding hydrogens is 263 g/mol. The largest absolute Gasteiger partial charge is 0.304 e. The maximum atomic E-state index is 2.59. The first-order valence-electron chi connectivity index (χ1n) is 4.68. The second kappa shape index (κ2) is 4.77. The Morgan fingerprint density at radius 1 is 1.50 bits per heavy atom. The van der Waals surface area contributed by atoms with E-state index in [1.807, 2.05) is 0 Å². The van der Waals surface area contributed by atoms with Crippen molar-refractivity contribution in [2.45, 2.75) is 23.3 Å². The van der Waals surface area contributed by atoms with Crippen molar-refractivity contribution in [3.63, 3.8) is 0 Å². The molecule has 1 saturated heterocycles. The molecule has 72 valence electrons. The number of rotatable bonds is 2. The van der Waals surface area contributed by atoms with Gasteiger partial charge in [0.25, 0.3) is 0 Å². The maximum Gasteiger partial charge on any atom is 0.0335 e. The second-order valence-corrected chi connectivity index (χ2v) is 5.33. The van der Waals surface area contributed by atoms with Crippen LogP contribution in [-0.4, -0.2) is 53.5 Å². The number of piperidine rings is 1. The van der Waals surface area contributed by atoms with Gasteiger partial charge in [0.2, 0.25) is 0 Å². The van der Waals surface area contributed by atoms with Crippen molar-refractivity contribution in [1.29, 1.82) is 0 Å². The quantitative estimate of drug-likeness (QED) is 0.558. The number of likely N-dealkylation sites (tertiary alicyclic amines) is 1. The van der Waals surface area contributed by atoms with Crippen LogP contribution in [0.25, 0.3) is 0 Å². The standard InChI is InChI=1S/C9H19IN2/c1-4-12-6-5-8(10)9(7-12)11(2)3/h8-9H,4-7H2,1-3H3. The Kier molecular flexibility index (Phi) is 4.26. The Morgan fingerprint density at radius 3 is 2.67 bits per heavy atom. The van der Waals surface area contributed by atoms with Crippen LogP contribution in [0.3, 0.4) is 0 Å². The van der Waals surface area contributed by atoms with Crippen LogP contribution in [0.2, 0.25) is 0 Å². The maximum absolute atomic E-state index is 2.59. The third-order valence-corrected chi connectivity index (χ3v) is 4.15. The first-order chi connectivity index (χ1) is 5.65. The SMILES string of the molecule is CCN1CCC(I)C(N(C)C)C1. The van der Waals surface area contributed by atoms with E-state index < -0.39 is 0 Å². The minimum Gasteiger partial charge on any atom is -0.304 e. The number of likely N-dealkylation sites (N-methyl/N-ethyl adjacent to an activating group) is 2. The first kappa shape index (κ1) is 10.7. The van der Waals surface area contributed by atoms with Gasteiger partial charge in [0.1, 0.15) is 0 Å². The molecule has 0 aromatic carbocycles. The van der Waals surface area contributed by atoms with Crippen molar-refractivity contribution in [2.24, 2.45) is 0 Å². The van der Waals surface area contributed by atoms with Crippen LogP contribution < -0.4 is 0 Å². The molecule has 0 aliphatic carbocycles. The lowest BCUT2D eigenvalue weighted by atomic mass is 10.1. The minimum atomic E-state index is 0.749. The summed E-state index contributed by atoms with van der Waals surface area (Å²) in [6.07, 6.45) is 1.34. The minimum absolute atomic E-state index is 0.749. The molecule has 0 N–H and O–H groups in total. The van der Waals surface area contributed by atoms with E-state index in [1.165, 1.54) is 26.1 Å². The lowest BCUT2D eigenvalue weighted by Gasteiger charge is -2.39. The van der Waals surface area contributed by atoms with Crippen molar-refractivity contribution in [3.8, 4) is 0 Å². The van der Waals surface area contributed by atoms with Gasteiger partial charge in [0.15, 0.2) is 0 Å². The van der Waals surface area contributed by atoms with E-state index in [2.05, 4.69) is 53.4 Å². The van der Waals surface area contributed by atoms with Gasteiger partial charge >= 0.3 is 0 Å². The summed E-state index contributed by atoms with van der Waals surface area (Å²) >= 11 is 2.59. The topological polar surface area (TPSA) is 6.48 Å². The Bertz CT molecular complexity index is 138. The highest BCUT2D eigenvalue weighted by atomic mass is 127. The molecule has 0 aromatic rings. The summed E-state index contributed by atoms with van der Waals surface area (Å²) in [6, 6.07) is 0.749. The van der Waals surface area contributed by atoms with Gasteiger partial charge in [-0.3, -0.25) is 0 Å². The first-order valence-corrected chi connectivity index (χ1v) is 5.92. The van der Waals surface area contributed by atoms with Crippen LogP contribution in [0.1, 0.15) is 13.3 Å². The van der Waals surface area contributed by atoms with E-state index in [0.717, 1.165) is 9.97 Å². The summed E-state index contributed by atoms with van der Waals surface area (Å²) in [5.74, 6) is 0. The molecule has 1 heterocycles. The van der Waals surface area contributed by atoms with Gasteiger partial charge in [-0.15, -0.1) is 0 Å². The average Bonchev–Trinajstić information content (AvgIpc) is 2.05. The van der Waals surface area contributed by atoms with Gasteiger partial charge in [0.05, 0.1) is 0 Å². The molecule has 3 heteroatoms. The molecule has 1 aliphatic rings. The lowest BCUT2D eigenvalue weighted by Crippen LogP contribution is -2.50. The highest BCUT2D eigenvalue weighted by Gasteiger charge is 2.27. The number of nitrogens with zero attached hydrogens (tertiary/aromatic N) is 2. The molecule has 2 atom stereocenters. The zero-order chi connectivity index (χ0) is 9.14. The second-order valence-electron chi connectivity index (χ2n) is 3.73. The van der Waals surface area contributed by atoms with Gasteiger partial charge < -0.3 is 9.80 Å². The predicted octanol–water partition coefficient (Wildman–Crippen LogP) is 1.45. The Hall–Kier alpha value is 0.650. The number of alkyl halides is 1. The molecule has 0 amide bonds. The van der Waals surface area contributed by atoms with Crippen LogP contribution in [0.4, 0.5) is 0 Å². The molecule has 0 bridgehead atoms. The summed E-state index contributed by atoms with van der Waals surface area (Å²) in [4.78, 5) is 4.90. The van der Waals surface area contributed by atoms with Crippen molar-refractivity contribution in [3.05, 3.63) is 0 Å². The van der Waals surface area contributed by atoms with E-state index in [0.29, 0.717) is 0 Å². The zero-order valence-corrected chi connectivity index (χ0v) is 10.4. The summed E-state index contributed by atoms with van der Waals surface area (Å²) in [5, 5.41) is 0. The molecule has 1 rings (SSSR count). The average molecular weight is 282 g/mol. The molecule has 1 aliphatic heterocycles. The molecule has 0 radical (unpaired) electrons. The fourth-order valence-corrected chi connectivity index (χ4v) is 2.89. The van der Waals surface area contributed by atoms with E-state index in [9.17, 15) is 0 Å². The van der Waals surface area contributed by atoms with Crippen LogP contribution in [0.15, 0.2) is 0 Å². The van der Waals surface area contributed by atoms with Crippen LogP contribution in [0, 0.1) is 0 Å². The van der Waals surface area contributed by atoms with E-state index in [4.69, 9.17) is 0 Å². The molecule has 1 fully saturated rings. The highest BCUT2D eigenvalue weighted by molar-refractivity contribution is 14.1. The van der Waals surface area contributed by atoms with Crippen LogP contribution >= 0.6 is 22.6 Å². The van der Waals surface area contributed by atoms with Crippen molar-refractivity contribution >= 4 is 22.6 Å². The summed E-state index contributed by atoms with van der Waals surface area (Å²) in [7, 11) is 4.38. The van der Waals surface area contributed by atoms with E-state index in [1.54, 1.807) is 0 Å². The van der Waals surface area contributed by atoms with Gasteiger partial charge in [-0.25, -0.2) is 0 Å². The summed E-state index contributed by atoms with van der Waals surface area (Å²) in [5.41, 5.74) is 0. The summed E-state index contributed by atoms with van der Waals surface area (Å²) < 4.78 is 0.834. The van der Waals surface area contributed by atoms with Crippen LogP contribution in [-0.2, 0) is 0 Å². The normalized spacial score (nSPS) is 32.8. The van der Waals surface area contributed by atoms with Crippen LogP contribution in [0.5, 0.6) is 0 Å². The molecule has 12 heavy (non-hydrogen) atoms. The molecule has 0 saturated carbocycles. The smallest absolute Gasteiger partial charge is 0.0335 e. The van der Waals surface area contributed by atoms with Gasteiger partial charge in [-0.1, -0.05) is 29.5 Å². The van der Waals surface area contributed by atoms with Gasteiger partial charge in [0, 0.05) is 16.5 Å². The number of hydrogen-bond acceptors (Lipinski definition) is 2. The third-order valence-electron chi connectivity index (χ3n) is 2.69. The molecule has 2 unspecified atom stereocenters. The number of halogens is 1. The molecular formula is C9H19IN2. The van der Waals surface area contributed by atoms with E-state index in [-0.39, 0.29) is 0 Å². The predicted molar refractivity (Wildman–Crippen MR) is 62.0 cm³/mol. The Morgan fingerprint density at radius 2 is 2.17 bits per heavy atom.